The van der Waals surface area contributed by atoms with Crippen molar-refractivity contribution in [2.45, 2.75) is 6.18 Å². The predicted molar refractivity (Wildman–Crippen MR) is 83.8 cm³/mol. The molecule has 7 nitrogen and oxygen atoms in total. The van der Waals surface area contributed by atoms with Gasteiger partial charge in [-0.3, -0.25) is 10.1 Å². The molecule has 2 rings (SSSR count). The van der Waals surface area contributed by atoms with Crippen LogP contribution in [0.1, 0.15) is 21.5 Å². The number of ether oxygens (including phenoxy) is 2. The van der Waals surface area contributed by atoms with Gasteiger partial charge in [0.05, 0.1) is 12.0 Å². The lowest BCUT2D eigenvalue weighted by Crippen LogP contribution is -2.09. The molecule has 0 saturated carbocycles. The summed E-state index contributed by atoms with van der Waals surface area (Å²) in [4.78, 5) is 25.4. The van der Waals surface area contributed by atoms with Gasteiger partial charge in [-0.25, -0.2) is 9.78 Å². The van der Waals surface area contributed by atoms with Crippen molar-refractivity contribution in [1.29, 1.82) is 0 Å². The number of nitro groups is 1. The van der Waals surface area contributed by atoms with E-state index in [1.807, 2.05) is 0 Å². The van der Waals surface area contributed by atoms with Crippen LogP contribution in [0.2, 0.25) is 0 Å². The summed E-state index contributed by atoms with van der Waals surface area (Å²) in [5.41, 5.74) is -2.07. The smallest absolute Gasteiger partial charge is 0.421 e. The fraction of sp³-hybridized carbons (Fsp3) is 0.125. The van der Waals surface area contributed by atoms with Crippen LogP contribution in [0.25, 0.3) is 6.08 Å². The molecule has 0 atom stereocenters. The molecule has 0 spiro atoms. The van der Waals surface area contributed by atoms with Crippen LogP contribution in [0, 0.1) is 10.1 Å². The first-order chi connectivity index (χ1) is 12.2. The van der Waals surface area contributed by atoms with Gasteiger partial charge in [0.2, 0.25) is 5.88 Å². The number of esters is 1. The minimum atomic E-state index is -4.76. The van der Waals surface area contributed by atoms with Crippen molar-refractivity contribution in [1.82, 2.24) is 4.98 Å². The van der Waals surface area contributed by atoms with Crippen LogP contribution in [-0.2, 0) is 10.9 Å². The standard InChI is InChI=1S/C16H11F3N2O5/c1-3-9-6-12(16(17,18)19)14(20-8-9)26-10-4-5-13(21(23)24)11(7-10)15(22)25-2/h3-8H,1H2,2H3. The number of carbonyl (C=O) groups excluding carboxylic acids is 1. The number of nitrogens with zero attached hydrogens (tertiary/aromatic N) is 2. The number of carbonyl (C=O) groups is 1. The highest BCUT2D eigenvalue weighted by Crippen LogP contribution is 2.38. The van der Waals surface area contributed by atoms with Crippen LogP contribution in [0.3, 0.4) is 0 Å². The lowest BCUT2D eigenvalue weighted by Gasteiger charge is -2.13. The number of hydrogen-bond donors (Lipinski definition) is 0. The summed E-state index contributed by atoms with van der Waals surface area (Å²) in [7, 11) is 1.01. The zero-order valence-corrected chi connectivity index (χ0v) is 13.2. The van der Waals surface area contributed by atoms with Crippen LogP contribution in [0.15, 0.2) is 37.0 Å². The number of aromatic nitrogens is 1. The molecule has 0 N–H and O–H groups in total. The number of hydrogen-bond acceptors (Lipinski definition) is 6. The van der Waals surface area contributed by atoms with E-state index in [4.69, 9.17) is 4.74 Å². The van der Waals surface area contributed by atoms with E-state index < -0.39 is 39.8 Å². The molecule has 0 fully saturated rings. The number of rotatable bonds is 5. The summed E-state index contributed by atoms with van der Waals surface area (Å²) in [6.45, 7) is 3.37. The van der Waals surface area contributed by atoms with E-state index in [9.17, 15) is 28.1 Å². The van der Waals surface area contributed by atoms with E-state index in [2.05, 4.69) is 16.3 Å². The molecule has 1 aromatic carbocycles. The van der Waals surface area contributed by atoms with E-state index >= 15 is 0 Å². The number of nitro benzene ring substituents is 1. The maximum atomic E-state index is 13.2. The van der Waals surface area contributed by atoms with Crippen molar-refractivity contribution in [2.75, 3.05) is 7.11 Å². The van der Waals surface area contributed by atoms with Crippen molar-refractivity contribution < 1.29 is 32.4 Å². The van der Waals surface area contributed by atoms with Gasteiger partial charge < -0.3 is 9.47 Å². The first-order valence-electron chi connectivity index (χ1n) is 6.91. The fourth-order valence-electron chi connectivity index (χ4n) is 1.99. The molecule has 0 aliphatic carbocycles. The molecule has 0 aliphatic rings. The quantitative estimate of drug-likeness (QED) is 0.446. The summed E-state index contributed by atoms with van der Waals surface area (Å²) in [5, 5.41) is 11.0. The molecule has 2 aromatic rings. The minimum Gasteiger partial charge on any atom is -0.465 e. The summed E-state index contributed by atoms with van der Waals surface area (Å²) >= 11 is 0. The predicted octanol–water partition coefficient (Wildman–Crippen LogP) is 4.23. The Morgan fingerprint density at radius 1 is 1.35 bits per heavy atom. The van der Waals surface area contributed by atoms with E-state index in [0.717, 1.165) is 37.6 Å². The van der Waals surface area contributed by atoms with Crippen molar-refractivity contribution in [3.8, 4) is 11.6 Å². The third-order valence-corrected chi connectivity index (χ3v) is 3.20. The molecule has 0 unspecified atom stereocenters. The van der Waals surface area contributed by atoms with E-state index in [0.29, 0.717) is 0 Å². The highest BCUT2D eigenvalue weighted by molar-refractivity contribution is 5.94. The minimum absolute atomic E-state index is 0.128. The molecule has 1 aromatic heterocycles. The Morgan fingerprint density at radius 3 is 2.58 bits per heavy atom. The molecule has 26 heavy (non-hydrogen) atoms. The highest BCUT2D eigenvalue weighted by Gasteiger charge is 2.36. The maximum absolute atomic E-state index is 13.2. The molecular formula is C16H11F3N2O5. The summed E-state index contributed by atoms with van der Waals surface area (Å²) in [5.74, 6) is -2.05. The van der Waals surface area contributed by atoms with Crippen LogP contribution in [-0.4, -0.2) is 23.0 Å². The second kappa shape index (κ2) is 7.21. The highest BCUT2D eigenvalue weighted by atomic mass is 19.4. The van der Waals surface area contributed by atoms with E-state index in [1.165, 1.54) is 6.08 Å². The Balaban J connectivity index is 2.50. The molecule has 0 radical (unpaired) electrons. The zero-order chi connectivity index (χ0) is 19.5. The molecule has 0 bridgehead atoms. The van der Waals surface area contributed by atoms with Crippen molar-refractivity contribution in [3.05, 3.63) is 63.8 Å². The second-order valence-electron chi connectivity index (χ2n) is 4.85. The van der Waals surface area contributed by atoms with Crippen LogP contribution in [0.5, 0.6) is 11.6 Å². The van der Waals surface area contributed by atoms with Gasteiger partial charge in [0.1, 0.15) is 16.9 Å². The number of halogens is 3. The normalized spacial score (nSPS) is 10.9. The summed E-state index contributed by atoms with van der Waals surface area (Å²) in [6.07, 6.45) is -2.45. The van der Waals surface area contributed by atoms with E-state index in [-0.39, 0.29) is 11.3 Å². The molecule has 0 amide bonds. The first-order valence-corrected chi connectivity index (χ1v) is 6.91. The zero-order valence-electron chi connectivity index (χ0n) is 13.2. The van der Waals surface area contributed by atoms with Crippen molar-refractivity contribution >= 4 is 17.7 Å². The Morgan fingerprint density at radius 2 is 2.04 bits per heavy atom. The van der Waals surface area contributed by atoms with Crippen LogP contribution in [0.4, 0.5) is 18.9 Å². The van der Waals surface area contributed by atoms with Crippen molar-refractivity contribution in [3.63, 3.8) is 0 Å². The number of methoxy groups -OCH3 is 1. The monoisotopic (exact) mass is 368 g/mol. The van der Waals surface area contributed by atoms with Crippen LogP contribution >= 0.6 is 0 Å². The summed E-state index contributed by atoms with van der Waals surface area (Å²) in [6, 6.07) is 3.68. The molecule has 136 valence electrons. The first kappa shape index (κ1) is 18.9. The molecular weight excluding hydrogens is 357 g/mol. The van der Waals surface area contributed by atoms with Gasteiger partial charge in [-0.05, 0) is 17.7 Å². The lowest BCUT2D eigenvalue weighted by atomic mass is 10.1. The summed E-state index contributed by atoms with van der Waals surface area (Å²) < 4.78 is 49.1. The molecule has 0 saturated heterocycles. The second-order valence-corrected chi connectivity index (χ2v) is 4.85. The lowest BCUT2D eigenvalue weighted by molar-refractivity contribution is -0.385. The number of alkyl halides is 3. The Hall–Kier alpha value is -3.43. The van der Waals surface area contributed by atoms with Gasteiger partial charge in [-0.2, -0.15) is 13.2 Å². The van der Waals surface area contributed by atoms with Gasteiger partial charge in [-0.15, -0.1) is 0 Å². The number of pyridine rings is 1. The van der Waals surface area contributed by atoms with Gasteiger partial charge in [0, 0.05) is 18.3 Å². The van der Waals surface area contributed by atoms with Crippen LogP contribution < -0.4 is 4.74 Å². The average Bonchev–Trinajstić information content (AvgIpc) is 2.60. The van der Waals surface area contributed by atoms with Gasteiger partial charge in [0.15, 0.2) is 0 Å². The largest absolute Gasteiger partial charge is 0.465 e. The Bertz CT molecular complexity index is 881. The topological polar surface area (TPSA) is 91.6 Å². The van der Waals surface area contributed by atoms with Gasteiger partial charge >= 0.3 is 12.1 Å². The van der Waals surface area contributed by atoms with Gasteiger partial charge in [-0.1, -0.05) is 12.7 Å². The molecule has 10 heteroatoms. The van der Waals surface area contributed by atoms with Crippen molar-refractivity contribution in [2.24, 2.45) is 0 Å². The van der Waals surface area contributed by atoms with Gasteiger partial charge in [0.25, 0.3) is 5.69 Å². The fourth-order valence-corrected chi connectivity index (χ4v) is 1.99. The Labute approximate surface area is 144 Å². The van der Waals surface area contributed by atoms with E-state index in [1.54, 1.807) is 0 Å². The third-order valence-electron chi connectivity index (χ3n) is 3.20. The molecule has 0 aliphatic heterocycles. The maximum Gasteiger partial charge on any atom is 0.421 e. The third kappa shape index (κ3) is 3.97. The average molecular weight is 368 g/mol. The molecule has 1 heterocycles. The number of benzene rings is 1. The SMILES string of the molecule is C=Cc1cnc(Oc2ccc([N+](=O)[O-])c(C(=O)OC)c2)c(C(F)(F)F)c1. The Kier molecular flexibility index (Phi) is 5.24.